The van der Waals surface area contributed by atoms with Gasteiger partial charge >= 0.3 is 0 Å². The number of ether oxygens (including phenoxy) is 1. The van der Waals surface area contributed by atoms with Gasteiger partial charge in [-0.05, 0) is 12.8 Å². The number of carbonyl (C=O) groups is 1. The lowest BCUT2D eigenvalue weighted by atomic mass is 10.1. The molecule has 0 saturated carbocycles. The summed E-state index contributed by atoms with van der Waals surface area (Å²) in [5.41, 5.74) is 0. The quantitative estimate of drug-likeness (QED) is 0.711. The standard InChI is InChI=1S/C10H14N2O2/c1-12-5-4-11-10(12)7-8(13)9-3-2-6-14-9/h4-5,9H,2-3,6-7H2,1H3. The fraction of sp³-hybridized carbons (Fsp3) is 0.600. The molecule has 0 aliphatic carbocycles. The highest BCUT2D eigenvalue weighted by atomic mass is 16.5. The molecule has 1 atom stereocenters. The number of carbonyl (C=O) groups excluding carboxylic acids is 1. The zero-order valence-corrected chi connectivity index (χ0v) is 8.27. The van der Waals surface area contributed by atoms with Gasteiger partial charge in [0, 0.05) is 26.0 Å². The Morgan fingerprint density at radius 1 is 1.79 bits per heavy atom. The third-order valence-electron chi connectivity index (χ3n) is 2.54. The predicted molar refractivity (Wildman–Crippen MR) is 50.9 cm³/mol. The molecule has 1 aliphatic rings. The molecular formula is C10H14N2O2. The molecule has 2 heterocycles. The maximum Gasteiger partial charge on any atom is 0.169 e. The number of hydrogen-bond donors (Lipinski definition) is 0. The van der Waals surface area contributed by atoms with E-state index in [-0.39, 0.29) is 11.9 Å². The molecule has 76 valence electrons. The Hall–Kier alpha value is -1.16. The van der Waals surface area contributed by atoms with Gasteiger partial charge in [0.25, 0.3) is 0 Å². The Morgan fingerprint density at radius 3 is 3.21 bits per heavy atom. The summed E-state index contributed by atoms with van der Waals surface area (Å²) < 4.78 is 7.18. The molecule has 0 radical (unpaired) electrons. The number of nitrogens with zero attached hydrogens (tertiary/aromatic N) is 2. The van der Waals surface area contributed by atoms with E-state index in [9.17, 15) is 4.79 Å². The van der Waals surface area contributed by atoms with Crippen molar-refractivity contribution in [3.8, 4) is 0 Å². The number of ketones is 1. The van der Waals surface area contributed by atoms with Crippen LogP contribution in [0.1, 0.15) is 18.7 Å². The molecule has 0 N–H and O–H groups in total. The van der Waals surface area contributed by atoms with Crippen molar-refractivity contribution in [1.29, 1.82) is 0 Å². The monoisotopic (exact) mass is 194 g/mol. The Balaban J connectivity index is 1.97. The van der Waals surface area contributed by atoms with Crippen LogP contribution in [0.5, 0.6) is 0 Å². The Labute approximate surface area is 82.9 Å². The van der Waals surface area contributed by atoms with Gasteiger partial charge in [0.1, 0.15) is 11.9 Å². The first-order valence-corrected chi connectivity index (χ1v) is 4.88. The molecule has 14 heavy (non-hydrogen) atoms. The molecule has 1 aromatic heterocycles. The van der Waals surface area contributed by atoms with Crippen molar-refractivity contribution in [2.45, 2.75) is 25.4 Å². The summed E-state index contributed by atoms with van der Waals surface area (Å²) in [6.07, 6.45) is 5.61. The third kappa shape index (κ3) is 1.85. The summed E-state index contributed by atoms with van der Waals surface area (Å²) in [7, 11) is 1.89. The molecule has 0 bridgehead atoms. The second-order valence-electron chi connectivity index (χ2n) is 3.60. The van der Waals surface area contributed by atoms with Crippen LogP contribution in [-0.4, -0.2) is 28.0 Å². The van der Waals surface area contributed by atoms with E-state index in [1.165, 1.54) is 0 Å². The second kappa shape index (κ2) is 3.92. The summed E-state index contributed by atoms with van der Waals surface area (Å²) in [5, 5.41) is 0. The third-order valence-corrected chi connectivity index (χ3v) is 2.54. The van der Waals surface area contributed by atoms with Crippen molar-refractivity contribution in [1.82, 2.24) is 9.55 Å². The average Bonchev–Trinajstić information content (AvgIpc) is 2.77. The zero-order chi connectivity index (χ0) is 9.97. The lowest BCUT2D eigenvalue weighted by Crippen LogP contribution is -2.22. The second-order valence-corrected chi connectivity index (χ2v) is 3.60. The van der Waals surface area contributed by atoms with E-state index in [4.69, 9.17) is 4.74 Å². The lowest BCUT2D eigenvalue weighted by Gasteiger charge is -2.07. The van der Waals surface area contributed by atoms with Gasteiger partial charge in [-0.15, -0.1) is 0 Å². The highest BCUT2D eigenvalue weighted by Crippen LogP contribution is 2.14. The summed E-state index contributed by atoms with van der Waals surface area (Å²) in [5.74, 6) is 0.960. The van der Waals surface area contributed by atoms with Crippen LogP contribution in [0, 0.1) is 0 Å². The highest BCUT2D eigenvalue weighted by Gasteiger charge is 2.24. The largest absolute Gasteiger partial charge is 0.370 e. The highest BCUT2D eigenvalue weighted by molar-refractivity contribution is 5.84. The zero-order valence-electron chi connectivity index (χ0n) is 8.27. The molecule has 0 aromatic carbocycles. The number of aromatic nitrogens is 2. The first-order valence-electron chi connectivity index (χ1n) is 4.88. The van der Waals surface area contributed by atoms with Crippen molar-refractivity contribution in [2.24, 2.45) is 7.05 Å². The van der Waals surface area contributed by atoms with Crippen molar-refractivity contribution in [3.63, 3.8) is 0 Å². The van der Waals surface area contributed by atoms with Gasteiger partial charge in [0.2, 0.25) is 0 Å². The molecule has 1 aromatic rings. The lowest BCUT2D eigenvalue weighted by molar-refractivity contribution is -0.127. The van der Waals surface area contributed by atoms with Gasteiger partial charge in [0.15, 0.2) is 5.78 Å². The summed E-state index contributed by atoms with van der Waals surface area (Å²) in [4.78, 5) is 15.8. The van der Waals surface area contributed by atoms with Crippen LogP contribution >= 0.6 is 0 Å². The van der Waals surface area contributed by atoms with Crippen LogP contribution in [0.4, 0.5) is 0 Å². The summed E-state index contributed by atoms with van der Waals surface area (Å²) in [6, 6.07) is 0. The summed E-state index contributed by atoms with van der Waals surface area (Å²) >= 11 is 0. The predicted octanol–water partition coefficient (Wildman–Crippen LogP) is 0.711. The van der Waals surface area contributed by atoms with Crippen LogP contribution in [0.2, 0.25) is 0 Å². The first kappa shape index (κ1) is 9.40. The SMILES string of the molecule is Cn1ccnc1CC(=O)C1CCCO1. The van der Waals surface area contributed by atoms with E-state index in [1.54, 1.807) is 6.20 Å². The molecule has 2 rings (SSSR count). The maximum atomic E-state index is 11.7. The molecule has 0 spiro atoms. The van der Waals surface area contributed by atoms with E-state index < -0.39 is 0 Å². The minimum Gasteiger partial charge on any atom is -0.370 e. The van der Waals surface area contributed by atoms with Gasteiger partial charge < -0.3 is 9.30 Å². The fourth-order valence-corrected chi connectivity index (χ4v) is 1.67. The number of aryl methyl sites for hydroxylation is 1. The fourth-order valence-electron chi connectivity index (χ4n) is 1.67. The van der Waals surface area contributed by atoms with Crippen LogP contribution < -0.4 is 0 Å². The topological polar surface area (TPSA) is 44.1 Å². The van der Waals surface area contributed by atoms with Gasteiger partial charge in [-0.25, -0.2) is 4.98 Å². The normalized spacial score (nSPS) is 21.4. The minimum atomic E-state index is -0.188. The number of Topliss-reactive ketones (excluding diaryl/α,β-unsaturated/α-hetero) is 1. The average molecular weight is 194 g/mol. The van der Waals surface area contributed by atoms with Crippen molar-refractivity contribution < 1.29 is 9.53 Å². The van der Waals surface area contributed by atoms with E-state index in [1.807, 2.05) is 17.8 Å². The van der Waals surface area contributed by atoms with Crippen LogP contribution in [0.25, 0.3) is 0 Å². The van der Waals surface area contributed by atoms with Crippen molar-refractivity contribution >= 4 is 5.78 Å². The number of hydrogen-bond acceptors (Lipinski definition) is 3. The van der Waals surface area contributed by atoms with Gasteiger partial charge in [-0.1, -0.05) is 0 Å². The smallest absolute Gasteiger partial charge is 0.169 e. The van der Waals surface area contributed by atoms with Crippen LogP contribution in [0.3, 0.4) is 0 Å². The number of rotatable bonds is 3. The van der Waals surface area contributed by atoms with E-state index >= 15 is 0 Å². The molecule has 1 aliphatic heterocycles. The number of imidazole rings is 1. The van der Waals surface area contributed by atoms with Gasteiger partial charge in [-0.3, -0.25) is 4.79 Å². The van der Waals surface area contributed by atoms with Gasteiger partial charge in [0.05, 0.1) is 6.42 Å². The molecule has 0 amide bonds. The van der Waals surface area contributed by atoms with Gasteiger partial charge in [-0.2, -0.15) is 0 Å². The Morgan fingerprint density at radius 2 is 2.64 bits per heavy atom. The first-order chi connectivity index (χ1) is 6.77. The molecule has 4 nitrogen and oxygen atoms in total. The minimum absolute atomic E-state index is 0.150. The Bertz CT molecular complexity index is 327. The molecule has 1 fully saturated rings. The molecule has 4 heteroatoms. The molecule has 1 unspecified atom stereocenters. The van der Waals surface area contributed by atoms with Crippen molar-refractivity contribution in [2.75, 3.05) is 6.61 Å². The van der Waals surface area contributed by atoms with E-state index in [0.29, 0.717) is 6.42 Å². The van der Waals surface area contributed by atoms with E-state index in [0.717, 1.165) is 25.3 Å². The van der Waals surface area contributed by atoms with Crippen molar-refractivity contribution in [3.05, 3.63) is 18.2 Å². The van der Waals surface area contributed by atoms with Crippen LogP contribution in [-0.2, 0) is 23.0 Å². The Kier molecular flexibility index (Phi) is 2.63. The molecule has 1 saturated heterocycles. The maximum absolute atomic E-state index is 11.7. The van der Waals surface area contributed by atoms with Crippen LogP contribution in [0.15, 0.2) is 12.4 Å². The van der Waals surface area contributed by atoms with E-state index in [2.05, 4.69) is 4.98 Å². The molecular weight excluding hydrogens is 180 g/mol. The summed E-state index contributed by atoms with van der Waals surface area (Å²) in [6.45, 7) is 0.719.